The molecule has 8 nitrogen and oxygen atoms in total. The highest BCUT2D eigenvalue weighted by atomic mass is 32.2. The van der Waals surface area contributed by atoms with E-state index < -0.39 is 10.0 Å². The van der Waals surface area contributed by atoms with Crippen molar-refractivity contribution in [2.75, 3.05) is 24.8 Å². The van der Waals surface area contributed by atoms with E-state index in [4.69, 9.17) is 9.47 Å². The summed E-state index contributed by atoms with van der Waals surface area (Å²) in [5, 5.41) is 4.35. The molecule has 0 spiro atoms. The lowest BCUT2D eigenvalue weighted by atomic mass is 9.92. The standard InChI is InChI=1S/C19H26N4O4S/c1-28(24,25)23-15-5-3-14(4-6-15)21-19-20-11-13-2-7-16(10-18(13)22-19)27-17-8-9-26-12-17/h2,7,10-11,14-15,17,23H,3-6,8-9,12H2,1H3,(H,20,21,22). The second-order valence-corrected chi connectivity index (χ2v) is 9.38. The first-order valence-corrected chi connectivity index (χ1v) is 11.6. The van der Waals surface area contributed by atoms with Crippen LogP contribution < -0.4 is 14.8 Å². The SMILES string of the molecule is CS(=O)(=O)NC1CCC(Nc2ncc3ccc(OC4CCOC4)cc3n2)CC1. The second kappa shape index (κ2) is 8.18. The molecule has 1 unspecified atom stereocenters. The van der Waals surface area contributed by atoms with Crippen LogP contribution in [0.2, 0.25) is 0 Å². The fraction of sp³-hybridized carbons (Fsp3) is 0.579. The van der Waals surface area contributed by atoms with Gasteiger partial charge in [-0.05, 0) is 37.8 Å². The predicted molar refractivity (Wildman–Crippen MR) is 107 cm³/mol. The highest BCUT2D eigenvalue weighted by Crippen LogP contribution is 2.25. The van der Waals surface area contributed by atoms with Gasteiger partial charge in [-0.15, -0.1) is 0 Å². The van der Waals surface area contributed by atoms with E-state index in [2.05, 4.69) is 20.0 Å². The number of ether oxygens (including phenoxy) is 2. The summed E-state index contributed by atoms with van der Waals surface area (Å²) in [6.07, 6.45) is 7.39. The molecule has 1 saturated carbocycles. The average molecular weight is 407 g/mol. The molecule has 0 radical (unpaired) electrons. The maximum Gasteiger partial charge on any atom is 0.223 e. The van der Waals surface area contributed by atoms with Crippen molar-refractivity contribution in [1.82, 2.24) is 14.7 Å². The highest BCUT2D eigenvalue weighted by Gasteiger charge is 2.23. The lowest BCUT2D eigenvalue weighted by Crippen LogP contribution is -2.39. The number of hydrogen-bond donors (Lipinski definition) is 2. The third-order valence-corrected chi connectivity index (χ3v) is 5.95. The first-order valence-electron chi connectivity index (χ1n) is 9.70. The lowest BCUT2D eigenvalue weighted by molar-refractivity contribution is 0.141. The molecule has 1 aromatic carbocycles. The molecule has 152 valence electrons. The van der Waals surface area contributed by atoms with Gasteiger partial charge in [0, 0.05) is 36.2 Å². The smallest absolute Gasteiger partial charge is 0.223 e. The van der Waals surface area contributed by atoms with E-state index in [1.54, 1.807) is 0 Å². The topological polar surface area (TPSA) is 102 Å². The molecule has 1 atom stereocenters. The van der Waals surface area contributed by atoms with Crippen molar-refractivity contribution >= 4 is 26.9 Å². The quantitative estimate of drug-likeness (QED) is 0.757. The van der Waals surface area contributed by atoms with Gasteiger partial charge in [0.1, 0.15) is 11.9 Å². The highest BCUT2D eigenvalue weighted by molar-refractivity contribution is 7.88. The Balaban J connectivity index is 1.38. The molecule has 1 aliphatic heterocycles. The van der Waals surface area contributed by atoms with Crippen LogP contribution in [0.4, 0.5) is 5.95 Å². The first-order chi connectivity index (χ1) is 13.4. The van der Waals surface area contributed by atoms with Crippen LogP contribution in [0.5, 0.6) is 5.75 Å². The molecule has 2 fully saturated rings. The number of fused-ring (bicyclic) bond motifs is 1. The molecule has 0 amide bonds. The maximum atomic E-state index is 11.4. The minimum atomic E-state index is -3.15. The number of aromatic nitrogens is 2. The van der Waals surface area contributed by atoms with E-state index in [0.717, 1.165) is 55.4 Å². The first kappa shape index (κ1) is 19.4. The zero-order valence-corrected chi connectivity index (χ0v) is 16.7. The number of rotatable bonds is 6. The van der Waals surface area contributed by atoms with Crippen molar-refractivity contribution in [2.24, 2.45) is 0 Å². The van der Waals surface area contributed by atoms with Crippen LogP contribution in [0.1, 0.15) is 32.1 Å². The van der Waals surface area contributed by atoms with Crippen LogP contribution in [0.25, 0.3) is 10.9 Å². The summed E-state index contributed by atoms with van der Waals surface area (Å²) >= 11 is 0. The molecule has 2 aromatic rings. The Morgan fingerprint density at radius 3 is 2.64 bits per heavy atom. The molecule has 4 rings (SSSR count). The molecule has 1 aliphatic carbocycles. The third-order valence-electron chi connectivity index (χ3n) is 5.19. The molecule has 0 bridgehead atoms. The van der Waals surface area contributed by atoms with Gasteiger partial charge in [0.15, 0.2) is 0 Å². The molecule has 9 heteroatoms. The fourth-order valence-corrected chi connectivity index (χ4v) is 4.63. The van der Waals surface area contributed by atoms with Crippen molar-refractivity contribution in [3.63, 3.8) is 0 Å². The van der Waals surface area contributed by atoms with Gasteiger partial charge in [-0.2, -0.15) is 0 Å². The Morgan fingerprint density at radius 1 is 1.14 bits per heavy atom. The largest absolute Gasteiger partial charge is 0.488 e. The number of benzene rings is 1. The molecule has 28 heavy (non-hydrogen) atoms. The van der Waals surface area contributed by atoms with Crippen molar-refractivity contribution in [1.29, 1.82) is 0 Å². The van der Waals surface area contributed by atoms with E-state index in [-0.39, 0.29) is 18.2 Å². The van der Waals surface area contributed by atoms with Crippen LogP contribution in [-0.4, -0.2) is 56.0 Å². The zero-order chi connectivity index (χ0) is 19.6. The van der Waals surface area contributed by atoms with E-state index in [1.165, 1.54) is 6.26 Å². The van der Waals surface area contributed by atoms with Crippen LogP contribution in [0.3, 0.4) is 0 Å². The van der Waals surface area contributed by atoms with Gasteiger partial charge < -0.3 is 14.8 Å². The van der Waals surface area contributed by atoms with Crippen molar-refractivity contribution in [3.8, 4) is 5.75 Å². The van der Waals surface area contributed by atoms with Crippen LogP contribution in [-0.2, 0) is 14.8 Å². The van der Waals surface area contributed by atoms with E-state index >= 15 is 0 Å². The van der Waals surface area contributed by atoms with Crippen molar-refractivity contribution < 1.29 is 17.9 Å². The minimum absolute atomic E-state index is 0.0184. The second-order valence-electron chi connectivity index (χ2n) is 7.60. The zero-order valence-electron chi connectivity index (χ0n) is 15.9. The molecular weight excluding hydrogens is 380 g/mol. The number of nitrogens with zero attached hydrogens (tertiary/aromatic N) is 2. The monoisotopic (exact) mass is 406 g/mol. The molecular formula is C19H26N4O4S. The van der Waals surface area contributed by atoms with E-state index in [1.807, 2.05) is 24.4 Å². The molecule has 2 aliphatic rings. The van der Waals surface area contributed by atoms with Crippen molar-refractivity contribution in [2.45, 2.75) is 50.3 Å². The number of nitrogens with one attached hydrogen (secondary N) is 2. The molecule has 1 saturated heterocycles. The van der Waals surface area contributed by atoms with E-state index in [0.29, 0.717) is 12.6 Å². The third kappa shape index (κ3) is 5.09. The Labute approximate surface area is 165 Å². The fourth-order valence-electron chi connectivity index (χ4n) is 3.79. The summed E-state index contributed by atoms with van der Waals surface area (Å²) in [5.41, 5.74) is 0.835. The van der Waals surface area contributed by atoms with Crippen LogP contribution >= 0.6 is 0 Å². The normalized spacial score (nSPS) is 25.7. The average Bonchev–Trinajstić information content (AvgIpc) is 3.15. The maximum absolute atomic E-state index is 11.4. The predicted octanol–water partition coefficient (Wildman–Crippen LogP) is 2.07. The van der Waals surface area contributed by atoms with Gasteiger partial charge in [-0.3, -0.25) is 0 Å². The van der Waals surface area contributed by atoms with Crippen molar-refractivity contribution in [3.05, 3.63) is 24.4 Å². The van der Waals surface area contributed by atoms with Gasteiger partial charge in [-0.1, -0.05) is 0 Å². The van der Waals surface area contributed by atoms with Gasteiger partial charge in [0.05, 0.1) is 25.0 Å². The Kier molecular flexibility index (Phi) is 5.65. The van der Waals surface area contributed by atoms with Gasteiger partial charge in [-0.25, -0.2) is 23.1 Å². The molecule has 2 N–H and O–H groups in total. The summed E-state index contributed by atoms with van der Waals surface area (Å²) < 4.78 is 36.7. The summed E-state index contributed by atoms with van der Waals surface area (Å²) in [7, 11) is -3.15. The Morgan fingerprint density at radius 2 is 1.93 bits per heavy atom. The molecule has 1 aromatic heterocycles. The minimum Gasteiger partial charge on any atom is -0.488 e. The Hall–Kier alpha value is -1.97. The van der Waals surface area contributed by atoms with Gasteiger partial charge in [0.2, 0.25) is 16.0 Å². The summed E-state index contributed by atoms with van der Waals surface area (Å²) in [6, 6.07) is 6.10. The number of anilines is 1. The lowest BCUT2D eigenvalue weighted by Gasteiger charge is -2.29. The van der Waals surface area contributed by atoms with E-state index in [9.17, 15) is 8.42 Å². The van der Waals surface area contributed by atoms with Crippen LogP contribution in [0, 0.1) is 0 Å². The summed E-state index contributed by atoms with van der Waals surface area (Å²) in [6.45, 7) is 1.38. The number of sulfonamides is 1. The summed E-state index contributed by atoms with van der Waals surface area (Å²) in [4.78, 5) is 9.06. The van der Waals surface area contributed by atoms with Gasteiger partial charge >= 0.3 is 0 Å². The number of hydrogen-bond acceptors (Lipinski definition) is 7. The van der Waals surface area contributed by atoms with Gasteiger partial charge in [0.25, 0.3) is 0 Å². The van der Waals surface area contributed by atoms with Crippen LogP contribution in [0.15, 0.2) is 24.4 Å². The Bertz CT molecular complexity index is 923. The summed E-state index contributed by atoms with van der Waals surface area (Å²) in [5.74, 6) is 1.38. The molecule has 2 heterocycles.